The molecule has 0 aliphatic heterocycles. The first-order chi connectivity index (χ1) is 6.70. The summed E-state index contributed by atoms with van der Waals surface area (Å²) in [6.45, 7) is 0. The van der Waals surface area contributed by atoms with Crippen LogP contribution >= 0.6 is 39.3 Å². The lowest BCUT2D eigenvalue weighted by Crippen LogP contribution is -1.88. The molecular formula is C7H2BrClFN3S. The normalized spacial score (nSPS) is 10.5. The van der Waals surface area contributed by atoms with Crippen molar-refractivity contribution in [2.24, 2.45) is 0 Å². The smallest absolute Gasteiger partial charge is 0.171 e. The van der Waals surface area contributed by atoms with Crippen molar-refractivity contribution in [1.82, 2.24) is 13.7 Å². The molecule has 0 aliphatic rings. The topological polar surface area (TPSA) is 38.7 Å². The Labute approximate surface area is 96.4 Å². The van der Waals surface area contributed by atoms with E-state index in [2.05, 4.69) is 29.7 Å². The van der Waals surface area contributed by atoms with Gasteiger partial charge in [-0.05, 0) is 15.9 Å². The number of pyridine rings is 1. The van der Waals surface area contributed by atoms with Gasteiger partial charge in [-0.15, -0.1) is 0 Å². The number of rotatable bonds is 1. The van der Waals surface area contributed by atoms with Gasteiger partial charge >= 0.3 is 0 Å². The van der Waals surface area contributed by atoms with E-state index in [4.69, 9.17) is 11.6 Å². The molecule has 7 heteroatoms. The maximum Gasteiger partial charge on any atom is 0.171 e. The van der Waals surface area contributed by atoms with Crippen LogP contribution in [0.4, 0.5) is 4.39 Å². The molecule has 0 amide bonds. The SMILES string of the molecule is Fc1cncc(Br)c1-c1nsnc1Cl. The van der Waals surface area contributed by atoms with Gasteiger partial charge in [0.1, 0.15) is 5.69 Å². The van der Waals surface area contributed by atoms with Crippen molar-refractivity contribution in [3.8, 4) is 11.3 Å². The Morgan fingerprint density at radius 3 is 2.71 bits per heavy atom. The summed E-state index contributed by atoms with van der Waals surface area (Å²) >= 11 is 9.86. The van der Waals surface area contributed by atoms with Crippen LogP contribution in [0.15, 0.2) is 16.9 Å². The first kappa shape index (κ1) is 9.95. The van der Waals surface area contributed by atoms with E-state index in [0.29, 0.717) is 15.7 Å². The predicted octanol–water partition coefficient (Wildman–Crippen LogP) is 3.16. The molecule has 0 spiro atoms. The number of halogens is 3. The van der Waals surface area contributed by atoms with Gasteiger partial charge < -0.3 is 0 Å². The third kappa shape index (κ3) is 1.65. The zero-order valence-electron chi connectivity index (χ0n) is 6.54. The Morgan fingerprint density at radius 2 is 2.14 bits per heavy atom. The minimum Gasteiger partial charge on any atom is -0.260 e. The molecule has 72 valence electrons. The Bertz CT molecular complexity index is 455. The zero-order valence-corrected chi connectivity index (χ0v) is 9.70. The minimum absolute atomic E-state index is 0.195. The molecule has 14 heavy (non-hydrogen) atoms. The molecule has 0 atom stereocenters. The molecule has 0 aromatic carbocycles. The average molecular weight is 295 g/mol. The highest BCUT2D eigenvalue weighted by Gasteiger charge is 2.16. The van der Waals surface area contributed by atoms with Gasteiger partial charge in [-0.25, -0.2) is 4.39 Å². The second-order valence-corrected chi connectivity index (χ2v) is 4.12. The second-order valence-electron chi connectivity index (χ2n) is 2.38. The molecule has 2 aromatic heterocycles. The lowest BCUT2D eigenvalue weighted by atomic mass is 10.2. The van der Waals surface area contributed by atoms with E-state index < -0.39 is 5.82 Å². The highest BCUT2D eigenvalue weighted by molar-refractivity contribution is 9.10. The van der Waals surface area contributed by atoms with Crippen molar-refractivity contribution in [2.45, 2.75) is 0 Å². The first-order valence-corrected chi connectivity index (χ1v) is 5.37. The minimum atomic E-state index is -0.478. The molecule has 0 unspecified atom stereocenters. The van der Waals surface area contributed by atoms with Crippen LogP contribution in [0, 0.1) is 5.82 Å². The zero-order chi connectivity index (χ0) is 10.1. The Kier molecular flexibility index (Phi) is 2.76. The van der Waals surface area contributed by atoms with Crippen molar-refractivity contribution < 1.29 is 4.39 Å². The van der Waals surface area contributed by atoms with Gasteiger partial charge in [0.15, 0.2) is 11.0 Å². The van der Waals surface area contributed by atoms with Gasteiger partial charge in [-0.3, -0.25) is 4.98 Å². The maximum absolute atomic E-state index is 13.4. The summed E-state index contributed by atoms with van der Waals surface area (Å²) in [4.78, 5) is 3.67. The van der Waals surface area contributed by atoms with Gasteiger partial charge in [-0.2, -0.15) is 8.75 Å². The Balaban J connectivity index is 2.68. The number of hydrogen-bond acceptors (Lipinski definition) is 4. The molecular weight excluding hydrogens is 293 g/mol. The predicted molar refractivity (Wildman–Crippen MR) is 55.8 cm³/mol. The van der Waals surface area contributed by atoms with Crippen LogP contribution in [0.2, 0.25) is 5.15 Å². The third-order valence-corrected chi connectivity index (χ3v) is 3.03. The van der Waals surface area contributed by atoms with Gasteiger partial charge in [-0.1, -0.05) is 11.6 Å². The van der Waals surface area contributed by atoms with E-state index in [1.165, 1.54) is 6.20 Å². The molecule has 2 heterocycles. The third-order valence-electron chi connectivity index (χ3n) is 1.54. The van der Waals surface area contributed by atoms with Crippen LogP contribution in [-0.2, 0) is 0 Å². The van der Waals surface area contributed by atoms with Crippen molar-refractivity contribution in [1.29, 1.82) is 0 Å². The molecule has 0 saturated heterocycles. The molecule has 0 saturated carbocycles. The van der Waals surface area contributed by atoms with Crippen LogP contribution in [0.25, 0.3) is 11.3 Å². The first-order valence-electron chi connectivity index (χ1n) is 3.47. The van der Waals surface area contributed by atoms with Crippen molar-refractivity contribution in [2.75, 3.05) is 0 Å². The fourth-order valence-electron chi connectivity index (χ4n) is 0.964. The van der Waals surface area contributed by atoms with Crippen LogP contribution in [0.1, 0.15) is 0 Å². The monoisotopic (exact) mass is 293 g/mol. The Hall–Kier alpha value is -0.590. The van der Waals surface area contributed by atoms with E-state index in [1.807, 2.05) is 0 Å². The number of hydrogen-bond donors (Lipinski definition) is 0. The van der Waals surface area contributed by atoms with Gasteiger partial charge in [0.25, 0.3) is 0 Å². The van der Waals surface area contributed by atoms with Crippen LogP contribution in [-0.4, -0.2) is 13.7 Å². The summed E-state index contributed by atoms with van der Waals surface area (Å²) in [6, 6.07) is 0. The van der Waals surface area contributed by atoms with Crippen molar-refractivity contribution in [3.05, 3.63) is 27.8 Å². The van der Waals surface area contributed by atoms with E-state index in [0.717, 1.165) is 17.9 Å². The fraction of sp³-hybridized carbons (Fsp3) is 0. The van der Waals surface area contributed by atoms with Crippen LogP contribution < -0.4 is 0 Å². The Morgan fingerprint density at radius 1 is 1.36 bits per heavy atom. The molecule has 0 aliphatic carbocycles. The van der Waals surface area contributed by atoms with E-state index in [-0.39, 0.29) is 5.15 Å². The summed E-state index contributed by atoms with van der Waals surface area (Å²) in [5.41, 5.74) is 0.627. The number of aromatic nitrogens is 3. The molecule has 0 fully saturated rings. The second kappa shape index (κ2) is 3.88. The molecule has 2 aromatic rings. The summed E-state index contributed by atoms with van der Waals surface area (Å²) in [6.07, 6.45) is 2.59. The molecule has 3 nitrogen and oxygen atoms in total. The van der Waals surface area contributed by atoms with Gasteiger partial charge in [0, 0.05) is 10.7 Å². The standard InChI is InChI=1S/C7H2BrClFN3S/c8-3-1-11-2-4(10)5(3)6-7(9)13-14-12-6/h1-2H. The lowest BCUT2D eigenvalue weighted by Gasteiger charge is -2.01. The molecule has 2 rings (SSSR count). The molecule has 0 bridgehead atoms. The quantitative estimate of drug-likeness (QED) is 0.811. The number of nitrogens with zero attached hydrogens (tertiary/aromatic N) is 3. The van der Waals surface area contributed by atoms with E-state index in [9.17, 15) is 4.39 Å². The van der Waals surface area contributed by atoms with Gasteiger partial charge in [0.05, 0.1) is 23.5 Å². The van der Waals surface area contributed by atoms with Crippen LogP contribution in [0.5, 0.6) is 0 Å². The summed E-state index contributed by atoms with van der Waals surface area (Å²) in [5, 5.41) is 0.195. The summed E-state index contributed by atoms with van der Waals surface area (Å²) in [5.74, 6) is -0.478. The highest BCUT2D eigenvalue weighted by Crippen LogP contribution is 2.33. The molecule has 0 N–H and O–H groups in total. The fourth-order valence-corrected chi connectivity index (χ4v) is 2.20. The highest BCUT2D eigenvalue weighted by atomic mass is 79.9. The largest absolute Gasteiger partial charge is 0.260 e. The van der Waals surface area contributed by atoms with Crippen molar-refractivity contribution in [3.63, 3.8) is 0 Å². The lowest BCUT2D eigenvalue weighted by molar-refractivity contribution is 0.623. The van der Waals surface area contributed by atoms with Crippen LogP contribution in [0.3, 0.4) is 0 Å². The maximum atomic E-state index is 13.4. The summed E-state index contributed by atoms with van der Waals surface area (Å²) < 4.78 is 21.6. The summed E-state index contributed by atoms with van der Waals surface area (Å²) in [7, 11) is 0. The van der Waals surface area contributed by atoms with Gasteiger partial charge in [0.2, 0.25) is 0 Å². The van der Waals surface area contributed by atoms with E-state index in [1.54, 1.807) is 0 Å². The van der Waals surface area contributed by atoms with E-state index >= 15 is 0 Å². The molecule has 0 radical (unpaired) electrons. The average Bonchev–Trinajstić information content (AvgIpc) is 2.52. The van der Waals surface area contributed by atoms with Crippen molar-refractivity contribution >= 4 is 39.3 Å².